The van der Waals surface area contributed by atoms with Crippen molar-refractivity contribution in [2.24, 2.45) is 0 Å². The number of anilines is 2. The van der Waals surface area contributed by atoms with Gasteiger partial charge in [0.1, 0.15) is 22.9 Å². The minimum atomic E-state index is -4.72. The van der Waals surface area contributed by atoms with Crippen molar-refractivity contribution in [3.8, 4) is 11.5 Å². The first kappa shape index (κ1) is 16.8. The highest BCUT2D eigenvalue weighted by atomic mass is 35.5. The maximum atomic E-state index is 12.8. The number of rotatable bonds is 5. The van der Waals surface area contributed by atoms with E-state index in [1.165, 1.54) is 0 Å². The summed E-state index contributed by atoms with van der Waals surface area (Å²) < 4.78 is 100. The fourth-order valence-corrected chi connectivity index (χ4v) is 1.70. The quantitative estimate of drug-likeness (QED) is 0.557. The van der Waals surface area contributed by atoms with Gasteiger partial charge in [0.2, 0.25) is 11.9 Å². The second-order valence-electron chi connectivity index (χ2n) is 5.25. The molecule has 6 nitrogen and oxygen atoms in total. The van der Waals surface area contributed by atoms with Crippen LogP contribution in [0.3, 0.4) is 0 Å². The molecule has 2 aromatic heterocycles. The van der Waals surface area contributed by atoms with Crippen LogP contribution in [0.4, 0.5) is 38.2 Å². The number of hydrogen-bond acceptors (Lipinski definition) is 6. The lowest BCUT2D eigenvalue weighted by molar-refractivity contribution is -0.139. The average Bonchev–Trinajstić information content (AvgIpc) is 2.61. The molecule has 0 unspecified atom stereocenters. The van der Waals surface area contributed by atoms with Crippen LogP contribution in [0, 0.1) is 0 Å². The van der Waals surface area contributed by atoms with E-state index in [-0.39, 0.29) is 0 Å². The molecule has 13 heteroatoms. The van der Waals surface area contributed by atoms with Gasteiger partial charge in [0.25, 0.3) is 0 Å². The number of nitrogens with one attached hydrogen (secondary N) is 2. The SMILES string of the molecule is [2H]c1c(Cl)nc(-c2nc(N[C@H](C)C(F)(F)F)nc(N[C@H](C)C(F)(F)F)n2)c([2H])c1[2H]. The smallest absolute Gasteiger partial charge is 0.343 e. The van der Waals surface area contributed by atoms with Crippen molar-refractivity contribution in [3.05, 3.63) is 23.3 Å². The zero-order chi connectivity index (χ0) is 23.0. The third-order valence-electron chi connectivity index (χ3n) is 3.08. The van der Waals surface area contributed by atoms with Crippen LogP contribution < -0.4 is 10.6 Å². The van der Waals surface area contributed by atoms with Crippen molar-refractivity contribution >= 4 is 23.5 Å². The maximum Gasteiger partial charge on any atom is 0.408 e. The number of hydrogen-bond donors (Lipinski definition) is 2. The lowest BCUT2D eigenvalue weighted by Crippen LogP contribution is -2.35. The van der Waals surface area contributed by atoms with Crippen LogP contribution >= 0.6 is 11.6 Å². The van der Waals surface area contributed by atoms with E-state index in [1.54, 1.807) is 0 Å². The van der Waals surface area contributed by atoms with Gasteiger partial charge in [-0.1, -0.05) is 17.6 Å². The molecule has 2 aromatic rings. The van der Waals surface area contributed by atoms with Crippen LogP contribution in [0.5, 0.6) is 0 Å². The molecule has 0 aromatic carbocycles. The van der Waals surface area contributed by atoms with E-state index in [1.807, 2.05) is 10.6 Å². The van der Waals surface area contributed by atoms with Crippen LogP contribution in [0.25, 0.3) is 11.5 Å². The molecule has 148 valence electrons. The van der Waals surface area contributed by atoms with Gasteiger partial charge in [-0.2, -0.15) is 41.3 Å². The van der Waals surface area contributed by atoms with Gasteiger partial charge < -0.3 is 10.6 Å². The van der Waals surface area contributed by atoms with Gasteiger partial charge in [0.05, 0.1) is 4.11 Å². The fourth-order valence-electron chi connectivity index (χ4n) is 1.56. The Kier molecular flexibility index (Phi) is 4.79. The Balaban J connectivity index is 2.60. The zero-order valence-corrected chi connectivity index (χ0v) is 14.3. The first-order valence-corrected chi connectivity index (χ1v) is 7.55. The molecule has 0 aliphatic heterocycles. The highest BCUT2D eigenvalue weighted by Gasteiger charge is 2.38. The predicted octanol–water partition coefficient (Wildman–Crippen LogP) is 4.31. The monoisotopic (exact) mass is 417 g/mol. The summed E-state index contributed by atoms with van der Waals surface area (Å²) in [5, 5.41) is 3.25. The van der Waals surface area contributed by atoms with E-state index >= 15 is 0 Å². The third kappa shape index (κ3) is 5.81. The summed E-state index contributed by atoms with van der Waals surface area (Å²) in [7, 11) is 0. The van der Waals surface area contributed by atoms with Crippen molar-refractivity contribution in [2.75, 3.05) is 10.6 Å². The van der Waals surface area contributed by atoms with Gasteiger partial charge in [-0.05, 0) is 25.9 Å². The summed E-state index contributed by atoms with van der Waals surface area (Å²) in [5.74, 6) is -2.11. The Labute approximate surface area is 158 Å². The summed E-state index contributed by atoms with van der Waals surface area (Å²) in [4.78, 5) is 14.5. The average molecular weight is 418 g/mol. The molecule has 0 radical (unpaired) electrons. The Hall–Kier alpha value is -2.37. The minimum absolute atomic E-state index is 0.520. The van der Waals surface area contributed by atoms with Gasteiger partial charge in [-0.15, -0.1) is 0 Å². The van der Waals surface area contributed by atoms with Crippen molar-refractivity contribution in [1.82, 2.24) is 19.9 Å². The Morgan fingerprint density at radius 3 is 1.81 bits per heavy atom. The highest BCUT2D eigenvalue weighted by molar-refractivity contribution is 6.29. The molecule has 0 bridgehead atoms. The number of nitrogens with zero attached hydrogens (tertiary/aromatic N) is 4. The fraction of sp³-hybridized carbons (Fsp3) is 0.429. The summed E-state index contributed by atoms with van der Waals surface area (Å²) >= 11 is 5.71. The molecule has 0 spiro atoms. The van der Waals surface area contributed by atoms with Crippen molar-refractivity contribution in [3.63, 3.8) is 0 Å². The number of pyridine rings is 1. The summed E-state index contributed by atoms with van der Waals surface area (Å²) in [6, 6.07) is -6.31. The van der Waals surface area contributed by atoms with E-state index < -0.39 is 71.1 Å². The van der Waals surface area contributed by atoms with E-state index in [0.29, 0.717) is 0 Å². The van der Waals surface area contributed by atoms with E-state index in [9.17, 15) is 26.3 Å². The molecule has 27 heavy (non-hydrogen) atoms. The molecule has 2 N–H and O–H groups in total. The highest BCUT2D eigenvalue weighted by Crippen LogP contribution is 2.26. The second kappa shape index (κ2) is 7.71. The van der Waals surface area contributed by atoms with E-state index in [0.717, 1.165) is 13.8 Å². The summed E-state index contributed by atoms with van der Waals surface area (Å²) in [5.41, 5.74) is -0.520. The molecule has 2 heterocycles. The third-order valence-corrected chi connectivity index (χ3v) is 3.26. The largest absolute Gasteiger partial charge is 0.408 e. The molecule has 0 fully saturated rings. The number of halogens is 7. The predicted molar refractivity (Wildman–Crippen MR) is 86.3 cm³/mol. The zero-order valence-electron chi connectivity index (χ0n) is 16.6. The Morgan fingerprint density at radius 2 is 1.37 bits per heavy atom. The van der Waals surface area contributed by atoms with Gasteiger partial charge >= 0.3 is 12.4 Å². The lowest BCUT2D eigenvalue weighted by Gasteiger charge is -2.20. The first-order valence-electron chi connectivity index (χ1n) is 8.67. The van der Waals surface area contributed by atoms with Crippen LogP contribution in [-0.4, -0.2) is 44.4 Å². The number of alkyl halides is 6. The molecule has 0 saturated carbocycles. The number of aromatic nitrogens is 4. The van der Waals surface area contributed by atoms with Gasteiger partial charge in [-0.25, -0.2) is 4.98 Å². The Morgan fingerprint density at radius 1 is 0.889 bits per heavy atom. The molecule has 0 saturated heterocycles. The topological polar surface area (TPSA) is 75.6 Å². The van der Waals surface area contributed by atoms with E-state index in [2.05, 4.69) is 19.9 Å². The van der Waals surface area contributed by atoms with Crippen molar-refractivity contribution in [1.29, 1.82) is 0 Å². The normalized spacial score (nSPS) is 16.1. The van der Waals surface area contributed by atoms with Crippen LogP contribution in [0.15, 0.2) is 18.1 Å². The summed E-state index contributed by atoms with van der Waals surface area (Å²) in [6.45, 7) is 1.47. The molecule has 2 atom stereocenters. The van der Waals surface area contributed by atoms with Gasteiger partial charge in [-0.3, -0.25) is 0 Å². The standard InChI is InChI=1S/C14H13ClF6N6/c1-6(13(16,17)18)22-11-25-10(8-4-3-5-9(15)24-8)26-12(27-11)23-7(2)14(19,20)21/h3-7H,1-2H3,(H2,22,23,25,26,27)/t6-,7-/m1/s1/i3D,4D,5D. The minimum Gasteiger partial charge on any atom is -0.343 e. The first-order chi connectivity index (χ1) is 13.6. The molecule has 0 amide bonds. The van der Waals surface area contributed by atoms with Crippen LogP contribution in [-0.2, 0) is 0 Å². The van der Waals surface area contributed by atoms with Gasteiger partial charge in [0, 0.05) is 0 Å². The van der Waals surface area contributed by atoms with Gasteiger partial charge in [0.15, 0.2) is 5.82 Å². The molecule has 2 rings (SSSR count). The second-order valence-corrected chi connectivity index (χ2v) is 5.61. The lowest BCUT2D eigenvalue weighted by atomic mass is 10.3. The Bertz CT molecular complexity index is 902. The van der Waals surface area contributed by atoms with Crippen molar-refractivity contribution < 1.29 is 30.5 Å². The maximum absolute atomic E-state index is 12.8. The van der Waals surface area contributed by atoms with Crippen molar-refractivity contribution in [2.45, 2.75) is 38.3 Å². The molecular weight excluding hydrogens is 402 g/mol. The molecule has 0 aliphatic rings. The van der Waals surface area contributed by atoms with E-state index in [4.69, 9.17) is 15.7 Å². The molecular formula is C14H13ClF6N6. The molecule has 0 aliphatic carbocycles. The van der Waals surface area contributed by atoms with Crippen LogP contribution in [0.1, 0.15) is 18.0 Å². The van der Waals surface area contributed by atoms with Crippen LogP contribution in [0.2, 0.25) is 5.15 Å². The summed E-state index contributed by atoms with van der Waals surface area (Å²) in [6.07, 6.45) is -9.44.